The molecular weight excluding hydrogens is 457 g/mol. The molecule has 4 rings (SSSR count). The standard InChI is InChI=1S/C27H31F3N2O3/c1-2-35-24-12-13-31(18-24)26(34)32-16-19(15-25(33)21-6-4-3-5-7-21)14-22(17-32)20-8-10-23(11-9-20)27(28,29)30/h3-11,19,22,24H,2,12-18H2,1H3. The van der Waals surface area contributed by atoms with Crippen LogP contribution in [0.3, 0.4) is 0 Å². The van der Waals surface area contributed by atoms with Gasteiger partial charge in [0.25, 0.3) is 0 Å². The minimum Gasteiger partial charge on any atom is -0.377 e. The minimum atomic E-state index is -4.40. The summed E-state index contributed by atoms with van der Waals surface area (Å²) in [5.41, 5.74) is 0.683. The molecule has 2 aromatic carbocycles. The average molecular weight is 489 g/mol. The van der Waals surface area contributed by atoms with Gasteiger partial charge in [0, 0.05) is 50.7 Å². The van der Waals surface area contributed by atoms with Gasteiger partial charge in [-0.15, -0.1) is 0 Å². The molecule has 0 saturated carbocycles. The van der Waals surface area contributed by atoms with Gasteiger partial charge in [-0.05, 0) is 43.4 Å². The van der Waals surface area contributed by atoms with Crippen molar-refractivity contribution in [2.24, 2.45) is 5.92 Å². The highest BCUT2D eigenvalue weighted by Crippen LogP contribution is 2.35. The third-order valence-corrected chi connectivity index (χ3v) is 6.90. The molecule has 8 heteroatoms. The number of amides is 2. The smallest absolute Gasteiger partial charge is 0.377 e. The second-order valence-corrected chi connectivity index (χ2v) is 9.41. The van der Waals surface area contributed by atoms with Gasteiger partial charge in [0.05, 0.1) is 11.7 Å². The third-order valence-electron chi connectivity index (χ3n) is 6.90. The number of hydrogen-bond acceptors (Lipinski definition) is 3. The Bertz CT molecular complexity index is 1010. The second-order valence-electron chi connectivity index (χ2n) is 9.41. The van der Waals surface area contributed by atoms with Gasteiger partial charge >= 0.3 is 12.2 Å². The van der Waals surface area contributed by atoms with Crippen LogP contribution in [0.4, 0.5) is 18.0 Å². The topological polar surface area (TPSA) is 49.9 Å². The molecule has 0 N–H and O–H groups in total. The molecule has 3 atom stereocenters. The Labute approximate surface area is 203 Å². The fourth-order valence-corrected chi connectivity index (χ4v) is 5.17. The van der Waals surface area contributed by atoms with Crippen molar-refractivity contribution in [3.8, 4) is 0 Å². The number of carbonyl (C=O) groups is 2. The van der Waals surface area contributed by atoms with Crippen LogP contribution in [0.15, 0.2) is 54.6 Å². The number of hydrogen-bond donors (Lipinski definition) is 0. The zero-order chi connectivity index (χ0) is 25.0. The van der Waals surface area contributed by atoms with Gasteiger partial charge in [-0.2, -0.15) is 13.2 Å². The van der Waals surface area contributed by atoms with E-state index in [1.165, 1.54) is 12.1 Å². The fraction of sp³-hybridized carbons (Fsp3) is 0.481. The maximum Gasteiger partial charge on any atom is 0.416 e. The average Bonchev–Trinajstić information content (AvgIpc) is 3.32. The van der Waals surface area contributed by atoms with Crippen LogP contribution in [-0.2, 0) is 10.9 Å². The molecule has 2 aliphatic heterocycles. The van der Waals surface area contributed by atoms with Gasteiger partial charge in [0.1, 0.15) is 0 Å². The number of alkyl halides is 3. The number of urea groups is 1. The second kappa shape index (κ2) is 10.8. The van der Waals surface area contributed by atoms with Crippen LogP contribution in [-0.4, -0.2) is 60.5 Å². The van der Waals surface area contributed by atoms with E-state index in [1.807, 2.05) is 25.1 Å². The van der Waals surface area contributed by atoms with Gasteiger partial charge < -0.3 is 14.5 Å². The predicted molar refractivity (Wildman–Crippen MR) is 126 cm³/mol. The number of piperidine rings is 1. The summed E-state index contributed by atoms with van der Waals surface area (Å²) in [6.45, 7) is 4.52. The van der Waals surface area contributed by atoms with Crippen molar-refractivity contribution in [3.63, 3.8) is 0 Å². The number of carbonyl (C=O) groups excluding carboxylic acids is 2. The van der Waals surface area contributed by atoms with Crippen LogP contribution < -0.4 is 0 Å². The lowest BCUT2D eigenvalue weighted by molar-refractivity contribution is -0.137. The first-order chi connectivity index (χ1) is 16.7. The first kappa shape index (κ1) is 25.2. The van der Waals surface area contributed by atoms with Gasteiger partial charge in [-0.3, -0.25) is 4.79 Å². The lowest BCUT2D eigenvalue weighted by atomic mass is 9.81. The fourth-order valence-electron chi connectivity index (χ4n) is 5.17. The molecule has 2 fully saturated rings. The highest BCUT2D eigenvalue weighted by Gasteiger charge is 2.37. The normalized spacial score (nSPS) is 22.9. The van der Waals surface area contributed by atoms with E-state index >= 15 is 0 Å². The first-order valence-corrected chi connectivity index (χ1v) is 12.2. The zero-order valence-corrected chi connectivity index (χ0v) is 19.8. The van der Waals surface area contributed by atoms with Crippen LogP contribution in [0.5, 0.6) is 0 Å². The van der Waals surface area contributed by atoms with Crippen molar-refractivity contribution >= 4 is 11.8 Å². The molecule has 0 aromatic heterocycles. The summed E-state index contributed by atoms with van der Waals surface area (Å²) in [6.07, 6.45) is -2.67. The molecule has 5 nitrogen and oxygen atoms in total. The van der Waals surface area contributed by atoms with Crippen molar-refractivity contribution < 1.29 is 27.5 Å². The maximum absolute atomic E-state index is 13.4. The van der Waals surface area contributed by atoms with Gasteiger partial charge in [-0.25, -0.2) is 4.79 Å². The zero-order valence-electron chi connectivity index (χ0n) is 19.8. The van der Waals surface area contributed by atoms with Crippen molar-refractivity contribution in [1.82, 2.24) is 9.80 Å². The lowest BCUT2D eigenvalue weighted by Crippen LogP contribution is -2.49. The Morgan fingerprint density at radius 3 is 2.34 bits per heavy atom. The van der Waals surface area contributed by atoms with E-state index in [1.54, 1.807) is 21.9 Å². The molecule has 2 amide bonds. The SMILES string of the molecule is CCOC1CCN(C(=O)N2CC(CC(=O)c3ccccc3)CC(c3ccc(C(F)(F)F)cc3)C2)C1. The van der Waals surface area contributed by atoms with E-state index < -0.39 is 11.7 Å². The Kier molecular flexibility index (Phi) is 7.79. The number of rotatable bonds is 6. The molecule has 35 heavy (non-hydrogen) atoms. The molecule has 3 unspecified atom stereocenters. The number of nitrogens with zero attached hydrogens (tertiary/aromatic N) is 2. The molecule has 0 aliphatic carbocycles. The van der Waals surface area contributed by atoms with Crippen molar-refractivity contribution in [3.05, 3.63) is 71.3 Å². The monoisotopic (exact) mass is 488 g/mol. The van der Waals surface area contributed by atoms with E-state index in [0.29, 0.717) is 44.8 Å². The van der Waals surface area contributed by atoms with Crippen LogP contribution >= 0.6 is 0 Å². The van der Waals surface area contributed by atoms with Crippen molar-refractivity contribution in [2.45, 2.75) is 44.4 Å². The van der Waals surface area contributed by atoms with Crippen LogP contribution in [0.25, 0.3) is 0 Å². The number of likely N-dealkylation sites (tertiary alicyclic amines) is 2. The molecule has 2 saturated heterocycles. The molecule has 0 radical (unpaired) electrons. The first-order valence-electron chi connectivity index (χ1n) is 12.2. The molecule has 2 aliphatic rings. The van der Waals surface area contributed by atoms with Gasteiger partial charge in [0.2, 0.25) is 0 Å². The summed E-state index contributed by atoms with van der Waals surface area (Å²) in [6, 6.07) is 14.1. The summed E-state index contributed by atoms with van der Waals surface area (Å²) in [5.74, 6) is -0.222. The lowest BCUT2D eigenvalue weighted by Gasteiger charge is -2.39. The minimum absolute atomic E-state index is 0.00801. The Morgan fingerprint density at radius 1 is 0.971 bits per heavy atom. The quantitative estimate of drug-likeness (QED) is 0.497. The summed E-state index contributed by atoms with van der Waals surface area (Å²) in [5, 5.41) is 0. The number of benzene rings is 2. The summed E-state index contributed by atoms with van der Waals surface area (Å²) >= 11 is 0. The van der Waals surface area contributed by atoms with E-state index in [0.717, 1.165) is 24.1 Å². The van der Waals surface area contributed by atoms with E-state index in [9.17, 15) is 22.8 Å². The Balaban J connectivity index is 1.52. The molecule has 188 valence electrons. The number of Topliss-reactive ketones (excluding diaryl/α,β-unsaturated/α-hetero) is 1. The van der Waals surface area contributed by atoms with E-state index in [2.05, 4.69) is 0 Å². The highest BCUT2D eigenvalue weighted by molar-refractivity contribution is 5.96. The Morgan fingerprint density at radius 2 is 1.69 bits per heavy atom. The maximum atomic E-state index is 13.4. The van der Waals surface area contributed by atoms with E-state index in [4.69, 9.17) is 4.74 Å². The van der Waals surface area contributed by atoms with Gasteiger partial charge in [0.15, 0.2) is 5.78 Å². The third kappa shape index (κ3) is 6.23. The largest absolute Gasteiger partial charge is 0.416 e. The number of ketones is 1. The van der Waals surface area contributed by atoms with Crippen molar-refractivity contribution in [2.75, 3.05) is 32.8 Å². The highest BCUT2D eigenvalue weighted by atomic mass is 19.4. The number of ether oxygens (including phenoxy) is 1. The summed E-state index contributed by atoms with van der Waals surface area (Å²) < 4.78 is 44.8. The molecule has 0 bridgehead atoms. The molecule has 0 spiro atoms. The van der Waals surface area contributed by atoms with Crippen LogP contribution in [0.1, 0.15) is 53.6 Å². The molecule has 2 heterocycles. The van der Waals surface area contributed by atoms with E-state index in [-0.39, 0.29) is 36.2 Å². The predicted octanol–water partition coefficient (Wildman–Crippen LogP) is 5.61. The Hall–Kier alpha value is -2.87. The molecule has 2 aromatic rings. The van der Waals surface area contributed by atoms with Crippen LogP contribution in [0.2, 0.25) is 0 Å². The van der Waals surface area contributed by atoms with Crippen molar-refractivity contribution in [1.29, 1.82) is 0 Å². The molecular formula is C27H31F3N2O3. The van der Waals surface area contributed by atoms with Gasteiger partial charge in [-0.1, -0.05) is 42.5 Å². The van der Waals surface area contributed by atoms with Crippen LogP contribution in [0, 0.1) is 5.92 Å². The number of halogens is 3. The summed E-state index contributed by atoms with van der Waals surface area (Å²) in [7, 11) is 0. The summed E-state index contributed by atoms with van der Waals surface area (Å²) in [4.78, 5) is 29.8.